The maximum absolute atomic E-state index is 12.0. The molecule has 0 spiro atoms. The number of para-hydroxylation sites is 2. The number of benzene rings is 2. The molecule has 0 saturated carbocycles. The van der Waals surface area contributed by atoms with Gasteiger partial charge in [-0.05, 0) is 31.2 Å². The van der Waals surface area contributed by atoms with Gasteiger partial charge in [-0.2, -0.15) is 0 Å². The molecule has 2 aromatic carbocycles. The molecule has 0 aliphatic heterocycles. The number of aromatic nitrogens is 1. The second kappa shape index (κ2) is 6.84. The number of hydrogen-bond donors (Lipinski definition) is 0. The number of likely N-dealkylation sites (N-methyl/N-ethyl adjacent to an activating group) is 1. The van der Waals surface area contributed by atoms with Crippen LogP contribution in [0.25, 0.3) is 11.1 Å². The van der Waals surface area contributed by atoms with Crippen molar-refractivity contribution in [1.82, 2.24) is 9.47 Å². The van der Waals surface area contributed by atoms with E-state index in [1.807, 2.05) is 24.3 Å². The predicted octanol–water partition coefficient (Wildman–Crippen LogP) is 3.43. The zero-order valence-electron chi connectivity index (χ0n) is 13.7. The molecule has 0 N–H and O–H groups in total. The number of nitrogens with zero attached hydrogens (tertiary/aromatic N) is 2. The summed E-state index contributed by atoms with van der Waals surface area (Å²) in [5.41, 5.74) is 4.09. The third kappa shape index (κ3) is 3.54. The normalized spacial score (nSPS) is 11.4. The first kappa shape index (κ1) is 15.6. The molecule has 0 unspecified atom stereocenters. The molecule has 0 aliphatic rings. The molecule has 120 valence electrons. The van der Waals surface area contributed by atoms with E-state index in [4.69, 9.17) is 4.42 Å². The van der Waals surface area contributed by atoms with Gasteiger partial charge in [-0.25, -0.2) is 4.79 Å². The lowest BCUT2D eigenvalue weighted by molar-refractivity contribution is 0.265. The Kier molecular flexibility index (Phi) is 4.63. The molecule has 23 heavy (non-hydrogen) atoms. The molecule has 0 aliphatic carbocycles. The van der Waals surface area contributed by atoms with Crippen molar-refractivity contribution >= 4 is 11.1 Å². The number of oxazole rings is 1. The Morgan fingerprint density at radius 3 is 2.74 bits per heavy atom. The maximum atomic E-state index is 12.0. The van der Waals surface area contributed by atoms with E-state index in [0.29, 0.717) is 12.1 Å². The summed E-state index contributed by atoms with van der Waals surface area (Å²) in [6.07, 6.45) is 0. The predicted molar refractivity (Wildman–Crippen MR) is 92.6 cm³/mol. The minimum Gasteiger partial charge on any atom is -0.408 e. The van der Waals surface area contributed by atoms with Crippen LogP contribution < -0.4 is 5.76 Å². The van der Waals surface area contributed by atoms with Gasteiger partial charge in [0, 0.05) is 19.6 Å². The van der Waals surface area contributed by atoms with E-state index in [9.17, 15) is 4.79 Å². The van der Waals surface area contributed by atoms with Gasteiger partial charge < -0.3 is 4.42 Å². The Bertz CT molecular complexity index is 848. The first-order valence-electron chi connectivity index (χ1n) is 8.03. The van der Waals surface area contributed by atoms with Crippen LogP contribution in [-0.4, -0.2) is 22.6 Å². The molecule has 1 aromatic heterocycles. The third-order valence-electron chi connectivity index (χ3n) is 4.15. The van der Waals surface area contributed by atoms with Crippen molar-refractivity contribution < 1.29 is 4.42 Å². The Hall–Kier alpha value is -2.33. The highest BCUT2D eigenvalue weighted by atomic mass is 16.4. The quantitative estimate of drug-likeness (QED) is 0.700. The van der Waals surface area contributed by atoms with Crippen LogP contribution in [0.1, 0.15) is 18.1 Å². The summed E-state index contributed by atoms with van der Waals surface area (Å²) in [5, 5.41) is 0. The van der Waals surface area contributed by atoms with Gasteiger partial charge in [0.1, 0.15) is 0 Å². The van der Waals surface area contributed by atoms with E-state index >= 15 is 0 Å². The van der Waals surface area contributed by atoms with Crippen molar-refractivity contribution in [3.63, 3.8) is 0 Å². The molecular weight excluding hydrogens is 288 g/mol. The molecule has 4 nitrogen and oxygen atoms in total. The molecule has 0 amide bonds. The fraction of sp³-hybridized carbons (Fsp3) is 0.316. The van der Waals surface area contributed by atoms with Gasteiger partial charge in [0.25, 0.3) is 0 Å². The van der Waals surface area contributed by atoms with Crippen LogP contribution in [0, 0.1) is 6.92 Å². The SMILES string of the molecule is CCN(CCn1c(=O)oc2ccccc21)Cc1cccc(C)c1. The topological polar surface area (TPSA) is 38.4 Å². The molecule has 1 heterocycles. The summed E-state index contributed by atoms with van der Waals surface area (Å²) < 4.78 is 7.00. The van der Waals surface area contributed by atoms with E-state index in [2.05, 4.69) is 43.0 Å². The van der Waals surface area contributed by atoms with Crippen LogP contribution in [0.3, 0.4) is 0 Å². The first-order valence-corrected chi connectivity index (χ1v) is 8.03. The Morgan fingerprint density at radius 1 is 1.13 bits per heavy atom. The Balaban J connectivity index is 1.72. The number of fused-ring (bicyclic) bond motifs is 1. The summed E-state index contributed by atoms with van der Waals surface area (Å²) in [4.78, 5) is 14.4. The molecule has 0 atom stereocenters. The largest absolute Gasteiger partial charge is 0.419 e. The van der Waals surface area contributed by atoms with Gasteiger partial charge in [-0.15, -0.1) is 0 Å². The average Bonchev–Trinajstić information content (AvgIpc) is 2.87. The second-order valence-electron chi connectivity index (χ2n) is 5.85. The molecule has 3 rings (SSSR count). The lowest BCUT2D eigenvalue weighted by Crippen LogP contribution is -2.29. The van der Waals surface area contributed by atoms with Gasteiger partial charge in [-0.3, -0.25) is 9.47 Å². The smallest absolute Gasteiger partial charge is 0.408 e. The van der Waals surface area contributed by atoms with Crippen LogP contribution in [0.15, 0.2) is 57.7 Å². The van der Waals surface area contributed by atoms with Crippen molar-refractivity contribution in [2.24, 2.45) is 0 Å². The lowest BCUT2D eigenvalue weighted by Gasteiger charge is -2.20. The van der Waals surface area contributed by atoms with E-state index in [-0.39, 0.29) is 5.76 Å². The number of rotatable bonds is 6. The van der Waals surface area contributed by atoms with Crippen LogP contribution >= 0.6 is 0 Å². The monoisotopic (exact) mass is 310 g/mol. The van der Waals surface area contributed by atoms with Crippen molar-refractivity contribution in [3.05, 3.63) is 70.2 Å². The van der Waals surface area contributed by atoms with Crippen LogP contribution in [0.5, 0.6) is 0 Å². The standard InChI is InChI=1S/C19H22N2O2/c1-3-20(14-16-8-6-7-15(2)13-16)11-12-21-17-9-4-5-10-18(17)23-19(21)22/h4-10,13H,3,11-12,14H2,1-2H3. The fourth-order valence-corrected chi connectivity index (χ4v) is 2.88. The Morgan fingerprint density at radius 2 is 1.96 bits per heavy atom. The Labute approximate surface area is 136 Å². The highest BCUT2D eigenvalue weighted by molar-refractivity contribution is 5.72. The minimum atomic E-state index is -0.280. The molecule has 4 heteroatoms. The van der Waals surface area contributed by atoms with Gasteiger partial charge in [0.2, 0.25) is 0 Å². The van der Waals surface area contributed by atoms with Gasteiger partial charge in [0.05, 0.1) is 5.52 Å². The van der Waals surface area contributed by atoms with Crippen molar-refractivity contribution in [3.8, 4) is 0 Å². The van der Waals surface area contributed by atoms with E-state index in [0.717, 1.165) is 25.2 Å². The summed E-state index contributed by atoms with van der Waals surface area (Å²) in [7, 11) is 0. The zero-order valence-corrected chi connectivity index (χ0v) is 13.7. The molecule has 0 saturated heterocycles. The third-order valence-corrected chi connectivity index (χ3v) is 4.15. The van der Waals surface area contributed by atoms with Crippen molar-refractivity contribution in [2.75, 3.05) is 13.1 Å². The molecular formula is C19H22N2O2. The van der Waals surface area contributed by atoms with Crippen LogP contribution in [0.4, 0.5) is 0 Å². The summed E-state index contributed by atoms with van der Waals surface area (Å²) in [5.74, 6) is -0.280. The minimum absolute atomic E-state index is 0.280. The van der Waals surface area contributed by atoms with Gasteiger partial charge in [-0.1, -0.05) is 48.9 Å². The zero-order chi connectivity index (χ0) is 16.2. The average molecular weight is 310 g/mol. The molecule has 0 radical (unpaired) electrons. The van der Waals surface area contributed by atoms with E-state index < -0.39 is 0 Å². The molecule has 3 aromatic rings. The van der Waals surface area contributed by atoms with Crippen LogP contribution in [0.2, 0.25) is 0 Å². The lowest BCUT2D eigenvalue weighted by atomic mass is 10.1. The molecule has 0 fully saturated rings. The fourth-order valence-electron chi connectivity index (χ4n) is 2.88. The highest BCUT2D eigenvalue weighted by Gasteiger charge is 2.10. The number of hydrogen-bond acceptors (Lipinski definition) is 3. The van der Waals surface area contributed by atoms with Crippen molar-refractivity contribution in [2.45, 2.75) is 26.9 Å². The summed E-state index contributed by atoms with van der Waals surface area (Å²) in [6, 6.07) is 16.1. The second-order valence-corrected chi connectivity index (χ2v) is 5.85. The van der Waals surface area contributed by atoms with Crippen molar-refractivity contribution in [1.29, 1.82) is 0 Å². The first-order chi connectivity index (χ1) is 11.2. The summed E-state index contributed by atoms with van der Waals surface area (Å²) >= 11 is 0. The number of aryl methyl sites for hydroxylation is 1. The van der Waals surface area contributed by atoms with Crippen LogP contribution in [-0.2, 0) is 13.1 Å². The summed E-state index contributed by atoms with van der Waals surface area (Å²) in [6.45, 7) is 7.54. The molecule has 0 bridgehead atoms. The highest BCUT2D eigenvalue weighted by Crippen LogP contribution is 2.12. The maximum Gasteiger partial charge on any atom is 0.419 e. The van der Waals surface area contributed by atoms with Gasteiger partial charge in [0.15, 0.2) is 5.58 Å². The van der Waals surface area contributed by atoms with E-state index in [1.165, 1.54) is 11.1 Å². The van der Waals surface area contributed by atoms with Gasteiger partial charge >= 0.3 is 5.76 Å². The van der Waals surface area contributed by atoms with E-state index in [1.54, 1.807) is 4.57 Å².